The van der Waals surface area contributed by atoms with Gasteiger partial charge < -0.3 is 4.74 Å². The maximum absolute atomic E-state index is 13.7. The molecule has 2 aromatic rings. The second kappa shape index (κ2) is 5.86. The number of Topliss-reactive ketones (excluding diaryl/α,β-unsaturated/α-hetero) is 1. The van der Waals surface area contributed by atoms with Crippen molar-refractivity contribution in [2.24, 2.45) is 5.92 Å². The molecule has 1 heterocycles. The number of hydrogen-bond donors (Lipinski definition) is 0. The summed E-state index contributed by atoms with van der Waals surface area (Å²) in [5, 5.41) is 0.292. The van der Waals surface area contributed by atoms with Crippen LogP contribution in [-0.4, -0.2) is 12.4 Å². The van der Waals surface area contributed by atoms with Crippen LogP contribution in [0.5, 0.6) is 5.75 Å². The average Bonchev–Trinajstić information content (AvgIpc) is 2.50. The summed E-state index contributed by atoms with van der Waals surface area (Å²) in [4.78, 5) is 12.4. The minimum atomic E-state index is -0.437. The van der Waals surface area contributed by atoms with Gasteiger partial charge in [-0.15, -0.1) is 0 Å². The van der Waals surface area contributed by atoms with E-state index in [2.05, 4.69) is 0 Å². The van der Waals surface area contributed by atoms with Gasteiger partial charge in [0.2, 0.25) is 0 Å². The molecular weight excluding hydrogens is 291 g/mol. The molecule has 0 spiro atoms. The molecule has 108 valence electrons. The molecule has 21 heavy (non-hydrogen) atoms. The molecule has 1 atom stereocenters. The molecular formula is C17H14ClFO2. The van der Waals surface area contributed by atoms with Gasteiger partial charge in [-0.1, -0.05) is 35.9 Å². The summed E-state index contributed by atoms with van der Waals surface area (Å²) in [6.07, 6.45) is 0.628. The fraction of sp³-hybridized carbons (Fsp3) is 0.235. The fourth-order valence-corrected chi connectivity index (χ4v) is 2.78. The minimum absolute atomic E-state index is 0.00169. The molecule has 1 aliphatic rings. The van der Waals surface area contributed by atoms with E-state index in [1.165, 1.54) is 12.1 Å². The van der Waals surface area contributed by atoms with Crippen molar-refractivity contribution in [3.05, 3.63) is 64.4 Å². The molecule has 0 aliphatic carbocycles. The zero-order valence-electron chi connectivity index (χ0n) is 11.3. The Labute approximate surface area is 127 Å². The third kappa shape index (κ3) is 2.93. The van der Waals surface area contributed by atoms with Crippen LogP contribution in [0.15, 0.2) is 42.5 Å². The number of carbonyl (C=O) groups excluding carboxylic acids is 1. The summed E-state index contributed by atoms with van der Waals surface area (Å²) in [7, 11) is 0. The number of benzene rings is 2. The first kappa shape index (κ1) is 14.1. The van der Waals surface area contributed by atoms with E-state index < -0.39 is 5.82 Å². The van der Waals surface area contributed by atoms with Crippen molar-refractivity contribution >= 4 is 17.4 Å². The Morgan fingerprint density at radius 3 is 2.86 bits per heavy atom. The van der Waals surface area contributed by atoms with E-state index in [4.69, 9.17) is 16.3 Å². The topological polar surface area (TPSA) is 26.3 Å². The molecule has 0 saturated heterocycles. The van der Waals surface area contributed by atoms with E-state index in [9.17, 15) is 9.18 Å². The van der Waals surface area contributed by atoms with E-state index >= 15 is 0 Å². The Kier molecular flexibility index (Phi) is 3.93. The lowest BCUT2D eigenvalue weighted by Crippen LogP contribution is -2.29. The van der Waals surface area contributed by atoms with Gasteiger partial charge in [0.05, 0.1) is 12.5 Å². The molecule has 0 bridgehead atoms. The van der Waals surface area contributed by atoms with Crippen LogP contribution < -0.4 is 4.74 Å². The second-order valence-electron chi connectivity index (χ2n) is 5.16. The minimum Gasteiger partial charge on any atom is -0.493 e. The van der Waals surface area contributed by atoms with E-state index in [0.29, 0.717) is 18.1 Å². The molecule has 0 fully saturated rings. The largest absolute Gasteiger partial charge is 0.493 e. The Morgan fingerprint density at radius 1 is 1.24 bits per heavy atom. The summed E-state index contributed by atoms with van der Waals surface area (Å²) in [6, 6.07) is 12.1. The van der Waals surface area contributed by atoms with Crippen LogP contribution in [-0.2, 0) is 17.6 Å². The van der Waals surface area contributed by atoms with Crippen molar-refractivity contribution in [1.82, 2.24) is 0 Å². The number of para-hydroxylation sites is 1. The molecule has 0 amide bonds. The van der Waals surface area contributed by atoms with E-state index in [-0.39, 0.29) is 23.7 Å². The van der Waals surface area contributed by atoms with Crippen molar-refractivity contribution < 1.29 is 13.9 Å². The van der Waals surface area contributed by atoms with Crippen molar-refractivity contribution in [1.29, 1.82) is 0 Å². The van der Waals surface area contributed by atoms with Crippen LogP contribution in [0.2, 0.25) is 5.02 Å². The molecule has 1 unspecified atom stereocenters. The summed E-state index contributed by atoms with van der Waals surface area (Å²) < 4.78 is 19.4. The molecule has 1 aliphatic heterocycles. The number of hydrogen-bond acceptors (Lipinski definition) is 2. The third-order valence-electron chi connectivity index (χ3n) is 3.75. The van der Waals surface area contributed by atoms with Gasteiger partial charge >= 0.3 is 0 Å². The number of ketones is 1. The third-order valence-corrected chi connectivity index (χ3v) is 4.10. The maximum Gasteiger partial charge on any atom is 0.144 e. The number of rotatable bonds is 3. The van der Waals surface area contributed by atoms with E-state index in [1.807, 2.05) is 24.3 Å². The molecule has 3 rings (SSSR count). The second-order valence-corrected chi connectivity index (χ2v) is 5.57. The van der Waals surface area contributed by atoms with Gasteiger partial charge in [0.25, 0.3) is 0 Å². The predicted molar refractivity (Wildman–Crippen MR) is 79.3 cm³/mol. The Balaban J connectivity index is 1.76. The highest BCUT2D eigenvalue weighted by Gasteiger charge is 2.26. The van der Waals surface area contributed by atoms with Gasteiger partial charge in [0.1, 0.15) is 17.3 Å². The highest BCUT2D eigenvalue weighted by molar-refractivity contribution is 6.31. The van der Waals surface area contributed by atoms with Gasteiger partial charge in [-0.05, 0) is 30.2 Å². The van der Waals surface area contributed by atoms with Crippen LogP contribution in [0.1, 0.15) is 11.1 Å². The quantitative estimate of drug-likeness (QED) is 0.861. The molecule has 0 N–H and O–H groups in total. The Hall–Kier alpha value is -1.87. The van der Waals surface area contributed by atoms with Gasteiger partial charge in [-0.2, -0.15) is 0 Å². The molecule has 0 aromatic heterocycles. The van der Waals surface area contributed by atoms with Crippen LogP contribution in [0.3, 0.4) is 0 Å². The summed E-state index contributed by atoms with van der Waals surface area (Å²) in [5.41, 5.74) is 1.28. The lowest BCUT2D eigenvalue weighted by atomic mass is 9.90. The molecule has 4 heteroatoms. The SMILES string of the molecule is O=C(Cc1c(F)cccc1Cl)C1COc2ccccc2C1. The summed E-state index contributed by atoms with van der Waals surface area (Å²) >= 11 is 5.97. The van der Waals surface area contributed by atoms with Gasteiger partial charge in [-0.3, -0.25) is 4.79 Å². The molecule has 0 saturated carbocycles. The molecule has 0 radical (unpaired) electrons. The molecule has 2 nitrogen and oxygen atoms in total. The van der Waals surface area contributed by atoms with Crippen LogP contribution in [0.4, 0.5) is 4.39 Å². The molecule has 2 aromatic carbocycles. The first-order valence-electron chi connectivity index (χ1n) is 6.81. The number of carbonyl (C=O) groups is 1. The zero-order valence-corrected chi connectivity index (χ0v) is 12.1. The monoisotopic (exact) mass is 304 g/mol. The summed E-state index contributed by atoms with van der Waals surface area (Å²) in [6.45, 7) is 0.335. The lowest BCUT2D eigenvalue weighted by molar-refractivity contribution is -0.123. The average molecular weight is 305 g/mol. The Morgan fingerprint density at radius 2 is 2.05 bits per heavy atom. The predicted octanol–water partition coefficient (Wildman–Crippen LogP) is 3.84. The highest BCUT2D eigenvalue weighted by Crippen LogP contribution is 2.28. The van der Waals surface area contributed by atoms with E-state index in [1.54, 1.807) is 6.07 Å². The Bertz CT molecular complexity index is 664. The number of ether oxygens (including phenoxy) is 1. The number of halogens is 2. The first-order valence-corrected chi connectivity index (χ1v) is 7.19. The van der Waals surface area contributed by atoms with Gasteiger partial charge in [0.15, 0.2) is 0 Å². The smallest absolute Gasteiger partial charge is 0.144 e. The van der Waals surface area contributed by atoms with Crippen LogP contribution in [0, 0.1) is 11.7 Å². The highest BCUT2D eigenvalue weighted by atomic mass is 35.5. The zero-order chi connectivity index (χ0) is 14.8. The summed E-state index contributed by atoms with van der Waals surface area (Å²) in [5.74, 6) is 0.0885. The fourth-order valence-electron chi connectivity index (χ4n) is 2.55. The first-order chi connectivity index (χ1) is 10.1. The lowest BCUT2D eigenvalue weighted by Gasteiger charge is -2.24. The van der Waals surface area contributed by atoms with Crippen molar-refractivity contribution in [3.8, 4) is 5.75 Å². The van der Waals surface area contributed by atoms with Crippen molar-refractivity contribution in [2.45, 2.75) is 12.8 Å². The normalized spacial score (nSPS) is 17.0. The van der Waals surface area contributed by atoms with Gasteiger partial charge in [-0.25, -0.2) is 4.39 Å². The van der Waals surface area contributed by atoms with Gasteiger partial charge in [0, 0.05) is 17.0 Å². The van der Waals surface area contributed by atoms with E-state index in [0.717, 1.165) is 11.3 Å². The van der Waals surface area contributed by atoms with Crippen LogP contribution >= 0.6 is 11.6 Å². The van der Waals surface area contributed by atoms with Crippen molar-refractivity contribution in [2.75, 3.05) is 6.61 Å². The standard InChI is InChI=1S/C17H14ClFO2/c18-14-5-3-6-15(19)13(14)9-16(20)12-8-11-4-1-2-7-17(11)21-10-12/h1-7,12H,8-10H2. The van der Waals surface area contributed by atoms with Crippen molar-refractivity contribution in [3.63, 3.8) is 0 Å². The van der Waals surface area contributed by atoms with Crippen LogP contribution in [0.25, 0.3) is 0 Å². The number of fused-ring (bicyclic) bond motifs is 1. The maximum atomic E-state index is 13.7.